The van der Waals surface area contributed by atoms with E-state index in [1.807, 2.05) is 16.8 Å². The molecule has 0 aliphatic carbocycles. The van der Waals surface area contributed by atoms with E-state index in [4.69, 9.17) is 4.98 Å². The minimum absolute atomic E-state index is 0.448. The third kappa shape index (κ3) is 5.81. The lowest BCUT2D eigenvalue weighted by Crippen LogP contribution is -2.18. The molecular weight excluding hydrogens is 296 g/mol. The standard InChI is InChI=1S/C17H28N4.C3H8/c1-5-8-13(4)19-17-12-15(14(7-3)9-6-2)20-16-10-11-18-21(16)17;1-3-2/h10-14,19H,5-9H2,1-4H3;3H2,1-2H3. The van der Waals surface area contributed by atoms with E-state index in [9.17, 15) is 0 Å². The van der Waals surface area contributed by atoms with Crippen molar-refractivity contribution in [1.82, 2.24) is 14.6 Å². The predicted molar refractivity (Wildman–Crippen MR) is 105 cm³/mol. The molecule has 136 valence electrons. The number of hydrogen-bond donors (Lipinski definition) is 1. The molecule has 0 aliphatic heterocycles. The summed E-state index contributed by atoms with van der Waals surface area (Å²) in [5, 5.41) is 7.99. The van der Waals surface area contributed by atoms with Gasteiger partial charge in [-0.25, -0.2) is 4.98 Å². The number of anilines is 1. The lowest BCUT2D eigenvalue weighted by Gasteiger charge is -2.19. The molecule has 0 radical (unpaired) electrons. The summed E-state index contributed by atoms with van der Waals surface area (Å²) in [6.07, 6.45) is 8.93. The van der Waals surface area contributed by atoms with Crippen molar-refractivity contribution in [2.75, 3.05) is 5.32 Å². The highest BCUT2D eigenvalue weighted by Gasteiger charge is 2.15. The van der Waals surface area contributed by atoms with Crippen LogP contribution >= 0.6 is 0 Å². The Balaban J connectivity index is 0.000000891. The molecule has 24 heavy (non-hydrogen) atoms. The van der Waals surface area contributed by atoms with Gasteiger partial charge in [-0.05, 0) is 26.2 Å². The van der Waals surface area contributed by atoms with Gasteiger partial charge in [-0.3, -0.25) is 0 Å². The summed E-state index contributed by atoms with van der Waals surface area (Å²) in [5.74, 6) is 1.60. The fourth-order valence-electron chi connectivity index (χ4n) is 2.91. The maximum atomic E-state index is 4.80. The number of nitrogens with one attached hydrogen (secondary N) is 1. The van der Waals surface area contributed by atoms with Gasteiger partial charge < -0.3 is 5.32 Å². The molecular formula is C20H36N4. The fraction of sp³-hybridized carbons (Fsp3) is 0.700. The molecule has 2 atom stereocenters. The predicted octanol–water partition coefficient (Wildman–Crippen LogP) is 6.04. The van der Waals surface area contributed by atoms with Crippen LogP contribution in [0.1, 0.15) is 91.7 Å². The average molecular weight is 333 g/mol. The van der Waals surface area contributed by atoms with E-state index in [0.717, 1.165) is 24.3 Å². The Morgan fingerprint density at radius 1 is 1.08 bits per heavy atom. The lowest BCUT2D eigenvalue weighted by atomic mass is 9.96. The van der Waals surface area contributed by atoms with E-state index in [1.54, 1.807) is 0 Å². The van der Waals surface area contributed by atoms with Crippen LogP contribution in [0.15, 0.2) is 18.3 Å². The third-order valence-electron chi connectivity index (χ3n) is 4.04. The van der Waals surface area contributed by atoms with E-state index in [-0.39, 0.29) is 0 Å². The molecule has 2 aromatic heterocycles. The van der Waals surface area contributed by atoms with E-state index in [1.165, 1.54) is 31.4 Å². The van der Waals surface area contributed by atoms with Gasteiger partial charge in [0.15, 0.2) is 5.65 Å². The molecule has 0 bridgehead atoms. The second-order valence-electron chi connectivity index (χ2n) is 6.60. The maximum absolute atomic E-state index is 4.80. The Labute approximate surface area is 148 Å². The lowest BCUT2D eigenvalue weighted by molar-refractivity contribution is 0.580. The van der Waals surface area contributed by atoms with E-state index in [2.05, 4.69) is 58.0 Å². The molecule has 0 amide bonds. The molecule has 2 unspecified atom stereocenters. The summed E-state index contributed by atoms with van der Waals surface area (Å²) in [6.45, 7) is 13.2. The topological polar surface area (TPSA) is 42.2 Å². The summed E-state index contributed by atoms with van der Waals surface area (Å²) in [7, 11) is 0. The van der Waals surface area contributed by atoms with Crippen molar-refractivity contribution in [2.45, 2.75) is 92.0 Å². The second kappa shape index (κ2) is 11.1. The summed E-state index contributed by atoms with van der Waals surface area (Å²) in [6, 6.07) is 4.62. The molecule has 0 fully saturated rings. The Kier molecular flexibility index (Phi) is 9.43. The van der Waals surface area contributed by atoms with Gasteiger partial charge in [0.25, 0.3) is 0 Å². The highest BCUT2D eigenvalue weighted by atomic mass is 15.3. The number of rotatable bonds is 8. The number of nitrogens with zero attached hydrogens (tertiary/aromatic N) is 3. The van der Waals surface area contributed by atoms with Crippen LogP contribution in [0.2, 0.25) is 0 Å². The quantitative estimate of drug-likeness (QED) is 0.640. The molecule has 2 aromatic rings. The SMILES string of the molecule is CCC.CCCC(C)Nc1cc(C(CC)CCC)nc2ccnn12. The molecule has 0 aromatic carbocycles. The van der Waals surface area contributed by atoms with Gasteiger partial charge in [-0.1, -0.05) is 53.9 Å². The molecule has 2 rings (SSSR count). The largest absolute Gasteiger partial charge is 0.367 e. The summed E-state index contributed by atoms with van der Waals surface area (Å²) in [4.78, 5) is 4.80. The first kappa shape index (κ1) is 20.5. The Hall–Kier alpha value is -1.58. The van der Waals surface area contributed by atoms with Crippen molar-refractivity contribution in [3.05, 3.63) is 24.0 Å². The van der Waals surface area contributed by atoms with E-state index in [0.29, 0.717) is 12.0 Å². The zero-order chi connectivity index (χ0) is 17.9. The van der Waals surface area contributed by atoms with Crippen LogP contribution in [0, 0.1) is 0 Å². The Bertz CT molecular complexity index is 576. The Morgan fingerprint density at radius 2 is 1.75 bits per heavy atom. The van der Waals surface area contributed by atoms with Crippen LogP contribution in [-0.2, 0) is 0 Å². The van der Waals surface area contributed by atoms with Crippen molar-refractivity contribution >= 4 is 11.5 Å². The minimum atomic E-state index is 0.448. The van der Waals surface area contributed by atoms with Crippen molar-refractivity contribution in [3.63, 3.8) is 0 Å². The van der Waals surface area contributed by atoms with Gasteiger partial charge in [-0.15, -0.1) is 0 Å². The molecule has 1 N–H and O–H groups in total. The van der Waals surface area contributed by atoms with Gasteiger partial charge in [0.2, 0.25) is 0 Å². The molecule has 0 aliphatic rings. The third-order valence-corrected chi connectivity index (χ3v) is 4.04. The summed E-state index contributed by atoms with van der Waals surface area (Å²) >= 11 is 0. The van der Waals surface area contributed by atoms with Crippen molar-refractivity contribution in [3.8, 4) is 0 Å². The smallest absolute Gasteiger partial charge is 0.157 e. The van der Waals surface area contributed by atoms with Crippen LogP contribution in [0.25, 0.3) is 5.65 Å². The fourth-order valence-corrected chi connectivity index (χ4v) is 2.91. The first-order valence-corrected chi connectivity index (χ1v) is 9.72. The minimum Gasteiger partial charge on any atom is -0.367 e. The monoisotopic (exact) mass is 332 g/mol. The second-order valence-corrected chi connectivity index (χ2v) is 6.60. The molecule has 4 nitrogen and oxygen atoms in total. The first-order valence-electron chi connectivity index (χ1n) is 9.72. The van der Waals surface area contributed by atoms with Crippen molar-refractivity contribution < 1.29 is 0 Å². The molecule has 0 saturated carbocycles. The van der Waals surface area contributed by atoms with Gasteiger partial charge >= 0.3 is 0 Å². The van der Waals surface area contributed by atoms with Crippen LogP contribution in [0.4, 0.5) is 5.82 Å². The molecule has 4 heteroatoms. The zero-order valence-corrected chi connectivity index (χ0v) is 16.5. The normalized spacial score (nSPS) is 13.2. The van der Waals surface area contributed by atoms with Crippen LogP contribution in [-0.4, -0.2) is 20.6 Å². The van der Waals surface area contributed by atoms with Gasteiger partial charge in [0.05, 0.1) is 6.20 Å². The first-order chi connectivity index (χ1) is 11.6. The van der Waals surface area contributed by atoms with Gasteiger partial charge in [0.1, 0.15) is 5.82 Å². The highest BCUT2D eigenvalue weighted by Crippen LogP contribution is 2.26. The van der Waals surface area contributed by atoms with Crippen LogP contribution in [0.3, 0.4) is 0 Å². The Morgan fingerprint density at radius 3 is 2.33 bits per heavy atom. The molecule has 2 heterocycles. The number of fused-ring (bicyclic) bond motifs is 1. The number of hydrogen-bond acceptors (Lipinski definition) is 3. The summed E-state index contributed by atoms with van der Waals surface area (Å²) in [5.41, 5.74) is 2.13. The maximum Gasteiger partial charge on any atom is 0.157 e. The zero-order valence-electron chi connectivity index (χ0n) is 16.5. The van der Waals surface area contributed by atoms with Crippen molar-refractivity contribution in [2.24, 2.45) is 0 Å². The molecule has 0 saturated heterocycles. The van der Waals surface area contributed by atoms with Gasteiger partial charge in [0, 0.05) is 29.8 Å². The molecule has 0 spiro atoms. The highest BCUT2D eigenvalue weighted by molar-refractivity contribution is 5.50. The summed E-state index contributed by atoms with van der Waals surface area (Å²) < 4.78 is 1.91. The van der Waals surface area contributed by atoms with Crippen molar-refractivity contribution in [1.29, 1.82) is 0 Å². The van der Waals surface area contributed by atoms with Crippen LogP contribution in [0.5, 0.6) is 0 Å². The average Bonchev–Trinajstić information content (AvgIpc) is 3.02. The van der Waals surface area contributed by atoms with E-state index < -0.39 is 0 Å². The number of aromatic nitrogens is 3. The van der Waals surface area contributed by atoms with E-state index >= 15 is 0 Å². The van der Waals surface area contributed by atoms with Crippen LogP contribution < -0.4 is 5.32 Å². The van der Waals surface area contributed by atoms with Gasteiger partial charge in [-0.2, -0.15) is 9.61 Å².